The minimum Gasteiger partial charge on any atom is -0.298 e. The van der Waals surface area contributed by atoms with Crippen LogP contribution >= 0.6 is 22.9 Å². The van der Waals surface area contributed by atoms with E-state index in [1.807, 2.05) is 45.0 Å². The number of nitrogens with zero attached hydrogens (tertiary/aromatic N) is 1. The number of benzene rings is 1. The first-order valence-corrected chi connectivity index (χ1v) is 8.29. The van der Waals surface area contributed by atoms with E-state index < -0.39 is 11.3 Å². The molecule has 0 saturated heterocycles. The number of carbonyl (C=O) groups excluding carboxylic acids is 2. The smallest absolute Gasteiger partial charge is 0.155 e. The summed E-state index contributed by atoms with van der Waals surface area (Å²) in [6, 6.07) is 7.41. The highest BCUT2D eigenvalue weighted by Crippen LogP contribution is 2.42. The molecule has 114 valence electrons. The zero-order valence-electron chi connectivity index (χ0n) is 12.6. The van der Waals surface area contributed by atoms with Crippen LogP contribution in [0, 0.1) is 12.3 Å². The third-order valence-electron chi connectivity index (χ3n) is 4.06. The molecule has 1 atom stereocenters. The summed E-state index contributed by atoms with van der Waals surface area (Å²) in [7, 11) is 0. The van der Waals surface area contributed by atoms with Crippen molar-refractivity contribution in [2.75, 3.05) is 0 Å². The van der Waals surface area contributed by atoms with Crippen LogP contribution in [-0.4, -0.2) is 16.6 Å². The summed E-state index contributed by atoms with van der Waals surface area (Å²) >= 11 is 7.41. The van der Waals surface area contributed by atoms with Gasteiger partial charge in [-0.1, -0.05) is 37.6 Å². The predicted molar refractivity (Wildman–Crippen MR) is 88.5 cm³/mol. The van der Waals surface area contributed by atoms with Gasteiger partial charge in [-0.25, -0.2) is 4.98 Å². The van der Waals surface area contributed by atoms with Gasteiger partial charge in [0.25, 0.3) is 0 Å². The van der Waals surface area contributed by atoms with Crippen LogP contribution < -0.4 is 0 Å². The van der Waals surface area contributed by atoms with E-state index in [0.29, 0.717) is 17.1 Å². The molecule has 22 heavy (non-hydrogen) atoms. The van der Waals surface area contributed by atoms with Crippen LogP contribution in [0.5, 0.6) is 0 Å². The molecular weight excluding hydrogens is 318 g/mol. The maximum atomic E-state index is 12.5. The average molecular weight is 334 g/mol. The van der Waals surface area contributed by atoms with E-state index in [2.05, 4.69) is 4.98 Å². The third-order valence-corrected chi connectivity index (χ3v) is 5.35. The average Bonchev–Trinajstić information content (AvgIpc) is 2.89. The second-order valence-electron chi connectivity index (χ2n) is 6.29. The Morgan fingerprint density at radius 3 is 2.41 bits per heavy atom. The molecule has 0 aliphatic heterocycles. The fourth-order valence-corrected chi connectivity index (χ4v) is 3.91. The molecule has 0 spiro atoms. The molecule has 0 N–H and O–H groups in total. The van der Waals surface area contributed by atoms with E-state index in [9.17, 15) is 9.59 Å². The minimum atomic E-state index is -0.702. The molecule has 1 aromatic carbocycles. The molecule has 0 radical (unpaired) electrons. The molecule has 1 heterocycles. The van der Waals surface area contributed by atoms with Crippen molar-refractivity contribution in [3.63, 3.8) is 0 Å². The summed E-state index contributed by atoms with van der Waals surface area (Å²) in [5.74, 6) is -0.744. The van der Waals surface area contributed by atoms with Gasteiger partial charge in [0.2, 0.25) is 0 Å². The number of hydrogen-bond donors (Lipinski definition) is 0. The van der Waals surface area contributed by atoms with Crippen molar-refractivity contribution >= 4 is 34.5 Å². The van der Waals surface area contributed by atoms with E-state index in [1.165, 1.54) is 11.3 Å². The first-order chi connectivity index (χ1) is 10.3. The van der Waals surface area contributed by atoms with E-state index in [1.54, 1.807) is 0 Å². The lowest BCUT2D eigenvalue weighted by atomic mass is 9.88. The maximum Gasteiger partial charge on any atom is 0.155 e. The lowest BCUT2D eigenvalue weighted by Gasteiger charge is -2.13. The topological polar surface area (TPSA) is 47.0 Å². The molecule has 0 amide bonds. The largest absolute Gasteiger partial charge is 0.298 e. The standard InChI is InChI=1S/C17H16ClNO2S/c1-9-14(13-12(20)8-17(2,3)15(13)21)19-16(22-9)10-4-6-11(18)7-5-10/h4-7,13H,8H2,1-3H3. The van der Waals surface area contributed by atoms with Crippen LogP contribution in [0.25, 0.3) is 10.6 Å². The Bertz CT molecular complexity index is 761. The van der Waals surface area contributed by atoms with Crippen molar-refractivity contribution in [2.24, 2.45) is 5.41 Å². The number of halogens is 1. The van der Waals surface area contributed by atoms with E-state index in [0.717, 1.165) is 15.4 Å². The van der Waals surface area contributed by atoms with Crippen molar-refractivity contribution in [1.82, 2.24) is 4.98 Å². The zero-order chi connectivity index (χ0) is 16.1. The molecule has 5 heteroatoms. The van der Waals surface area contributed by atoms with E-state index >= 15 is 0 Å². The molecule has 1 fully saturated rings. The summed E-state index contributed by atoms with van der Waals surface area (Å²) in [4.78, 5) is 30.3. The molecule has 3 nitrogen and oxygen atoms in total. The number of carbonyl (C=O) groups is 2. The SMILES string of the molecule is Cc1sc(-c2ccc(Cl)cc2)nc1C1C(=O)CC(C)(C)C1=O. The van der Waals surface area contributed by atoms with Crippen molar-refractivity contribution in [3.05, 3.63) is 39.9 Å². The van der Waals surface area contributed by atoms with Crippen molar-refractivity contribution in [2.45, 2.75) is 33.1 Å². The van der Waals surface area contributed by atoms with Gasteiger partial charge in [0, 0.05) is 27.3 Å². The molecule has 1 aromatic heterocycles. The molecule has 1 aliphatic rings. The van der Waals surface area contributed by atoms with Gasteiger partial charge in [0.15, 0.2) is 5.78 Å². The number of aryl methyl sites for hydroxylation is 1. The van der Waals surface area contributed by atoms with Gasteiger partial charge in [0.1, 0.15) is 16.7 Å². The van der Waals surface area contributed by atoms with E-state index in [-0.39, 0.29) is 11.6 Å². The highest BCUT2D eigenvalue weighted by Gasteiger charge is 2.48. The van der Waals surface area contributed by atoms with Crippen molar-refractivity contribution < 1.29 is 9.59 Å². The highest BCUT2D eigenvalue weighted by atomic mass is 35.5. The number of hydrogen-bond acceptors (Lipinski definition) is 4. The van der Waals surface area contributed by atoms with Gasteiger partial charge >= 0.3 is 0 Å². The molecule has 3 rings (SSSR count). The quantitative estimate of drug-likeness (QED) is 0.764. The second kappa shape index (κ2) is 5.28. The summed E-state index contributed by atoms with van der Waals surface area (Å²) in [5, 5.41) is 1.48. The Labute approximate surface area is 138 Å². The van der Waals surface area contributed by atoms with Crippen LogP contribution in [0.3, 0.4) is 0 Å². The Morgan fingerprint density at radius 2 is 1.86 bits per heavy atom. The maximum absolute atomic E-state index is 12.5. The molecule has 1 aliphatic carbocycles. The zero-order valence-corrected chi connectivity index (χ0v) is 14.2. The van der Waals surface area contributed by atoms with Crippen LogP contribution in [-0.2, 0) is 9.59 Å². The minimum absolute atomic E-state index is 0.0199. The highest BCUT2D eigenvalue weighted by molar-refractivity contribution is 7.15. The molecular formula is C17H16ClNO2S. The van der Waals surface area contributed by atoms with Crippen LogP contribution in [0.4, 0.5) is 0 Å². The van der Waals surface area contributed by atoms with Gasteiger partial charge in [-0.15, -0.1) is 11.3 Å². The van der Waals surface area contributed by atoms with Crippen molar-refractivity contribution in [1.29, 1.82) is 0 Å². The molecule has 0 bridgehead atoms. The Hall–Kier alpha value is -1.52. The van der Waals surface area contributed by atoms with Crippen LogP contribution in [0.2, 0.25) is 5.02 Å². The van der Waals surface area contributed by atoms with Gasteiger partial charge in [0.05, 0.1) is 5.69 Å². The van der Waals surface area contributed by atoms with Gasteiger partial charge in [-0.2, -0.15) is 0 Å². The van der Waals surface area contributed by atoms with Gasteiger partial charge in [-0.05, 0) is 19.1 Å². The molecule has 1 saturated carbocycles. The first-order valence-electron chi connectivity index (χ1n) is 7.10. The lowest BCUT2D eigenvalue weighted by Crippen LogP contribution is -2.21. The first kappa shape index (κ1) is 15.4. The van der Waals surface area contributed by atoms with Gasteiger partial charge < -0.3 is 0 Å². The van der Waals surface area contributed by atoms with Crippen molar-refractivity contribution in [3.8, 4) is 10.6 Å². The fourth-order valence-electron chi connectivity index (χ4n) is 2.83. The number of ketones is 2. The summed E-state index contributed by atoms with van der Waals surface area (Å²) in [5.41, 5.74) is 0.981. The Kier molecular flexibility index (Phi) is 3.69. The normalized spacial score (nSPS) is 20.6. The van der Waals surface area contributed by atoms with Crippen LogP contribution in [0.1, 0.15) is 36.8 Å². The monoisotopic (exact) mass is 333 g/mol. The molecule has 1 unspecified atom stereocenters. The third kappa shape index (κ3) is 2.50. The lowest BCUT2D eigenvalue weighted by molar-refractivity contribution is -0.126. The summed E-state index contributed by atoms with van der Waals surface area (Å²) in [6.07, 6.45) is 0.295. The second-order valence-corrected chi connectivity index (χ2v) is 7.93. The molecule has 2 aromatic rings. The fraction of sp³-hybridized carbons (Fsp3) is 0.353. The van der Waals surface area contributed by atoms with E-state index in [4.69, 9.17) is 11.6 Å². The number of Topliss-reactive ketones (excluding diaryl/α,β-unsaturated/α-hetero) is 2. The number of rotatable bonds is 2. The number of aromatic nitrogens is 1. The van der Waals surface area contributed by atoms with Crippen LogP contribution in [0.15, 0.2) is 24.3 Å². The summed E-state index contributed by atoms with van der Waals surface area (Å²) < 4.78 is 0. The predicted octanol–water partition coefficient (Wildman–Crippen LogP) is 4.42. The number of thiazole rings is 1. The van der Waals surface area contributed by atoms with Gasteiger partial charge in [-0.3, -0.25) is 9.59 Å². The Morgan fingerprint density at radius 1 is 1.23 bits per heavy atom. The Balaban J connectivity index is 2.02. The summed E-state index contributed by atoms with van der Waals surface area (Å²) in [6.45, 7) is 5.57.